The first-order valence-corrected chi connectivity index (χ1v) is 5.07. The number of nitrogens with one attached hydrogen (secondary N) is 2. The summed E-state index contributed by atoms with van der Waals surface area (Å²) in [5.41, 5.74) is 0.884. The second-order valence-corrected chi connectivity index (χ2v) is 3.72. The SMILES string of the molecule is Cc1ccnc(NCC(=O)NC2CC2)n1. The second kappa shape index (κ2) is 4.25. The molecule has 1 aromatic rings. The summed E-state index contributed by atoms with van der Waals surface area (Å²) in [4.78, 5) is 19.5. The molecule has 5 heteroatoms. The van der Waals surface area contributed by atoms with Gasteiger partial charge in [0.25, 0.3) is 0 Å². The van der Waals surface area contributed by atoms with Crippen molar-refractivity contribution in [2.24, 2.45) is 0 Å². The van der Waals surface area contributed by atoms with Crippen molar-refractivity contribution in [2.75, 3.05) is 11.9 Å². The van der Waals surface area contributed by atoms with Crippen LogP contribution < -0.4 is 10.6 Å². The van der Waals surface area contributed by atoms with E-state index in [-0.39, 0.29) is 12.5 Å². The zero-order valence-electron chi connectivity index (χ0n) is 8.66. The van der Waals surface area contributed by atoms with Crippen molar-refractivity contribution in [3.63, 3.8) is 0 Å². The van der Waals surface area contributed by atoms with Gasteiger partial charge in [-0.15, -0.1) is 0 Å². The van der Waals surface area contributed by atoms with Crippen LogP contribution in [0.3, 0.4) is 0 Å². The first-order valence-electron chi connectivity index (χ1n) is 5.07. The monoisotopic (exact) mass is 206 g/mol. The number of carbonyl (C=O) groups excluding carboxylic acids is 1. The van der Waals surface area contributed by atoms with Gasteiger partial charge in [0.15, 0.2) is 0 Å². The highest BCUT2D eigenvalue weighted by Gasteiger charge is 2.22. The normalized spacial score (nSPS) is 14.7. The Kier molecular flexibility index (Phi) is 2.80. The first-order chi connectivity index (χ1) is 7.24. The van der Waals surface area contributed by atoms with Gasteiger partial charge in [-0.2, -0.15) is 0 Å². The quantitative estimate of drug-likeness (QED) is 0.751. The minimum absolute atomic E-state index is 0.00241. The van der Waals surface area contributed by atoms with Gasteiger partial charge >= 0.3 is 0 Å². The van der Waals surface area contributed by atoms with E-state index in [1.165, 1.54) is 0 Å². The summed E-state index contributed by atoms with van der Waals surface area (Å²) in [6.45, 7) is 2.12. The number of carbonyl (C=O) groups is 1. The molecular weight excluding hydrogens is 192 g/mol. The number of aromatic nitrogens is 2. The van der Waals surface area contributed by atoms with E-state index in [2.05, 4.69) is 20.6 Å². The van der Waals surface area contributed by atoms with Crippen LogP contribution in [0.1, 0.15) is 18.5 Å². The molecule has 0 aromatic carbocycles. The third-order valence-electron chi connectivity index (χ3n) is 2.14. The number of aryl methyl sites for hydroxylation is 1. The van der Waals surface area contributed by atoms with Gasteiger partial charge in [-0.25, -0.2) is 9.97 Å². The lowest BCUT2D eigenvalue weighted by Crippen LogP contribution is -2.31. The van der Waals surface area contributed by atoms with Gasteiger partial charge < -0.3 is 10.6 Å². The van der Waals surface area contributed by atoms with Crippen LogP contribution in [0, 0.1) is 6.92 Å². The number of hydrogen-bond acceptors (Lipinski definition) is 4. The van der Waals surface area contributed by atoms with Gasteiger partial charge in [-0.3, -0.25) is 4.79 Å². The topological polar surface area (TPSA) is 66.9 Å². The molecule has 15 heavy (non-hydrogen) atoms. The molecule has 2 N–H and O–H groups in total. The standard InChI is InChI=1S/C10H14N4O/c1-7-4-5-11-10(13-7)12-6-9(15)14-8-2-3-8/h4-5,8H,2-3,6H2,1H3,(H,14,15)(H,11,12,13). The number of rotatable bonds is 4. The van der Waals surface area contributed by atoms with Crippen molar-refractivity contribution in [1.29, 1.82) is 0 Å². The molecule has 0 unspecified atom stereocenters. The summed E-state index contributed by atoms with van der Waals surface area (Å²) in [6.07, 6.45) is 3.88. The predicted molar refractivity (Wildman–Crippen MR) is 56.4 cm³/mol. The maximum absolute atomic E-state index is 11.3. The first kappa shape index (κ1) is 9.89. The Morgan fingerprint density at radius 3 is 3.07 bits per heavy atom. The maximum atomic E-state index is 11.3. The Balaban J connectivity index is 1.78. The average Bonchev–Trinajstić information content (AvgIpc) is 2.99. The summed E-state index contributed by atoms with van der Waals surface area (Å²) in [7, 11) is 0. The van der Waals surface area contributed by atoms with E-state index in [0.717, 1.165) is 18.5 Å². The van der Waals surface area contributed by atoms with Crippen LogP contribution in [0.15, 0.2) is 12.3 Å². The van der Waals surface area contributed by atoms with Gasteiger partial charge in [-0.05, 0) is 25.8 Å². The molecule has 5 nitrogen and oxygen atoms in total. The minimum atomic E-state index is 0.00241. The lowest BCUT2D eigenvalue weighted by atomic mass is 10.4. The van der Waals surface area contributed by atoms with Crippen LogP contribution in [-0.4, -0.2) is 28.5 Å². The third-order valence-corrected chi connectivity index (χ3v) is 2.14. The molecule has 1 aromatic heterocycles. The second-order valence-electron chi connectivity index (χ2n) is 3.72. The summed E-state index contributed by atoms with van der Waals surface area (Å²) < 4.78 is 0. The van der Waals surface area contributed by atoms with Crippen LogP contribution in [0.4, 0.5) is 5.95 Å². The van der Waals surface area contributed by atoms with Crippen LogP contribution in [0.25, 0.3) is 0 Å². The molecular formula is C10H14N4O. The predicted octanol–water partition coefficient (Wildman–Crippen LogP) is 0.476. The fourth-order valence-electron chi connectivity index (χ4n) is 1.20. The highest BCUT2D eigenvalue weighted by molar-refractivity contribution is 5.80. The molecule has 0 spiro atoms. The molecule has 1 saturated carbocycles. The smallest absolute Gasteiger partial charge is 0.239 e. The van der Waals surface area contributed by atoms with Crippen molar-refractivity contribution < 1.29 is 4.79 Å². The molecule has 0 aliphatic heterocycles. The fraction of sp³-hybridized carbons (Fsp3) is 0.500. The maximum Gasteiger partial charge on any atom is 0.239 e. The van der Waals surface area contributed by atoms with E-state index in [0.29, 0.717) is 12.0 Å². The zero-order valence-corrected chi connectivity index (χ0v) is 8.66. The zero-order chi connectivity index (χ0) is 10.7. The minimum Gasteiger partial charge on any atom is -0.352 e. The van der Waals surface area contributed by atoms with E-state index in [1.807, 2.05) is 13.0 Å². The summed E-state index contributed by atoms with van der Waals surface area (Å²) in [6, 6.07) is 2.22. The van der Waals surface area contributed by atoms with Gasteiger partial charge in [0.05, 0.1) is 6.54 Å². The van der Waals surface area contributed by atoms with Crippen LogP contribution in [0.5, 0.6) is 0 Å². The summed E-state index contributed by atoms with van der Waals surface area (Å²) in [5.74, 6) is 0.503. The van der Waals surface area contributed by atoms with Crippen molar-refractivity contribution in [3.05, 3.63) is 18.0 Å². The van der Waals surface area contributed by atoms with Gasteiger partial charge in [0, 0.05) is 17.9 Å². The Bertz CT molecular complexity index is 362. The van der Waals surface area contributed by atoms with Crippen LogP contribution >= 0.6 is 0 Å². The van der Waals surface area contributed by atoms with Crippen molar-refractivity contribution in [3.8, 4) is 0 Å². The molecule has 80 valence electrons. The number of hydrogen-bond donors (Lipinski definition) is 2. The van der Waals surface area contributed by atoms with Gasteiger partial charge in [0.1, 0.15) is 0 Å². The van der Waals surface area contributed by atoms with Crippen molar-refractivity contribution >= 4 is 11.9 Å². The highest BCUT2D eigenvalue weighted by Crippen LogP contribution is 2.18. The average molecular weight is 206 g/mol. The van der Waals surface area contributed by atoms with Crippen molar-refractivity contribution in [1.82, 2.24) is 15.3 Å². The Morgan fingerprint density at radius 2 is 2.40 bits per heavy atom. The molecule has 1 amide bonds. The number of amides is 1. The molecule has 1 fully saturated rings. The van der Waals surface area contributed by atoms with Crippen LogP contribution in [0.2, 0.25) is 0 Å². The van der Waals surface area contributed by atoms with E-state index < -0.39 is 0 Å². The van der Waals surface area contributed by atoms with Crippen LogP contribution in [-0.2, 0) is 4.79 Å². The van der Waals surface area contributed by atoms with E-state index in [9.17, 15) is 4.79 Å². The van der Waals surface area contributed by atoms with Gasteiger partial charge in [-0.1, -0.05) is 0 Å². The molecule has 0 atom stereocenters. The fourth-order valence-corrected chi connectivity index (χ4v) is 1.20. The Morgan fingerprint density at radius 1 is 1.60 bits per heavy atom. The Hall–Kier alpha value is -1.65. The molecule has 0 bridgehead atoms. The molecule has 1 heterocycles. The number of anilines is 1. The largest absolute Gasteiger partial charge is 0.352 e. The lowest BCUT2D eigenvalue weighted by Gasteiger charge is -2.05. The third kappa shape index (κ3) is 3.19. The van der Waals surface area contributed by atoms with E-state index >= 15 is 0 Å². The summed E-state index contributed by atoms with van der Waals surface area (Å²) in [5, 5.41) is 5.77. The molecule has 1 aliphatic carbocycles. The van der Waals surface area contributed by atoms with Gasteiger partial charge in [0.2, 0.25) is 11.9 Å². The molecule has 0 radical (unpaired) electrons. The van der Waals surface area contributed by atoms with Crippen molar-refractivity contribution in [2.45, 2.75) is 25.8 Å². The lowest BCUT2D eigenvalue weighted by molar-refractivity contribution is -0.119. The summed E-state index contributed by atoms with van der Waals surface area (Å²) >= 11 is 0. The highest BCUT2D eigenvalue weighted by atomic mass is 16.2. The Labute approximate surface area is 88.3 Å². The molecule has 2 rings (SSSR count). The van der Waals surface area contributed by atoms with E-state index in [4.69, 9.17) is 0 Å². The number of nitrogens with zero attached hydrogens (tertiary/aromatic N) is 2. The molecule has 0 saturated heterocycles. The molecule has 1 aliphatic rings. The van der Waals surface area contributed by atoms with E-state index in [1.54, 1.807) is 6.20 Å².